The third-order valence-corrected chi connectivity index (χ3v) is 5.15. The van der Waals surface area contributed by atoms with Gasteiger partial charge in [-0.15, -0.1) is 0 Å². The minimum Gasteiger partial charge on any atom is -0.478 e. The van der Waals surface area contributed by atoms with Gasteiger partial charge in [0.2, 0.25) is 10.0 Å². The number of sulfonamides is 1. The molecule has 1 aromatic rings. The summed E-state index contributed by atoms with van der Waals surface area (Å²) >= 11 is 0. The first-order valence-electron chi connectivity index (χ1n) is 9.00. The van der Waals surface area contributed by atoms with Crippen molar-refractivity contribution in [3.63, 3.8) is 0 Å². The number of carboxylic acids is 1. The Hall–Kier alpha value is -1.64. The number of carboxylic acid groups (broad SMARTS) is 1. The standard InChI is InChI=1S/C18H30N2O5S/c1-4-5-6-11-20-26(23,24)15-8-9-17(16(13-15)18(21)22)19-10-7-12-25-14(2)3/h8-9,13-14,19-20H,4-7,10-12H2,1-3H3,(H,21,22). The molecule has 0 spiro atoms. The highest BCUT2D eigenvalue weighted by Crippen LogP contribution is 2.21. The SMILES string of the molecule is CCCCCNS(=O)(=O)c1ccc(NCCCOC(C)C)c(C(=O)O)c1. The van der Waals surface area contributed by atoms with Gasteiger partial charge in [0.25, 0.3) is 0 Å². The van der Waals surface area contributed by atoms with Gasteiger partial charge >= 0.3 is 5.97 Å². The molecule has 1 rings (SSSR count). The minimum absolute atomic E-state index is 0.0416. The molecule has 0 aliphatic carbocycles. The van der Waals surface area contributed by atoms with Crippen LogP contribution < -0.4 is 10.0 Å². The highest BCUT2D eigenvalue weighted by Gasteiger charge is 2.18. The van der Waals surface area contributed by atoms with Crippen molar-refractivity contribution in [1.82, 2.24) is 4.72 Å². The van der Waals surface area contributed by atoms with E-state index in [1.165, 1.54) is 18.2 Å². The zero-order chi connectivity index (χ0) is 19.6. The zero-order valence-electron chi connectivity index (χ0n) is 15.7. The van der Waals surface area contributed by atoms with Crippen molar-refractivity contribution in [1.29, 1.82) is 0 Å². The average molecular weight is 387 g/mol. The molecule has 3 N–H and O–H groups in total. The van der Waals surface area contributed by atoms with Gasteiger partial charge in [0.05, 0.1) is 16.6 Å². The van der Waals surface area contributed by atoms with Crippen molar-refractivity contribution >= 4 is 21.7 Å². The molecule has 7 nitrogen and oxygen atoms in total. The number of hydrogen-bond donors (Lipinski definition) is 3. The molecule has 0 fully saturated rings. The lowest BCUT2D eigenvalue weighted by Gasteiger charge is -2.13. The maximum Gasteiger partial charge on any atom is 0.337 e. The summed E-state index contributed by atoms with van der Waals surface area (Å²) < 4.78 is 32.5. The molecule has 0 aliphatic rings. The van der Waals surface area contributed by atoms with Crippen molar-refractivity contribution in [3.8, 4) is 0 Å². The molecule has 0 atom stereocenters. The number of aromatic carboxylic acids is 1. The quantitative estimate of drug-likeness (QED) is 0.450. The van der Waals surface area contributed by atoms with E-state index < -0.39 is 16.0 Å². The lowest BCUT2D eigenvalue weighted by molar-refractivity contribution is 0.0697. The van der Waals surface area contributed by atoms with E-state index in [9.17, 15) is 18.3 Å². The van der Waals surface area contributed by atoms with Crippen LogP contribution in [-0.2, 0) is 14.8 Å². The van der Waals surface area contributed by atoms with Gasteiger partial charge in [0.1, 0.15) is 0 Å². The van der Waals surface area contributed by atoms with Gasteiger partial charge in [-0.1, -0.05) is 19.8 Å². The first-order valence-corrected chi connectivity index (χ1v) is 10.5. The Labute approximate surface area is 156 Å². The van der Waals surface area contributed by atoms with Crippen LogP contribution in [0.15, 0.2) is 23.1 Å². The first kappa shape index (κ1) is 22.4. The Balaban J connectivity index is 2.76. The molecule has 8 heteroatoms. The van der Waals surface area contributed by atoms with E-state index in [1.54, 1.807) is 0 Å². The Morgan fingerprint density at radius 1 is 1.19 bits per heavy atom. The second kappa shape index (κ2) is 11.2. The van der Waals surface area contributed by atoms with Crippen LogP contribution in [0, 0.1) is 0 Å². The predicted molar refractivity (Wildman–Crippen MR) is 102 cm³/mol. The van der Waals surface area contributed by atoms with Gasteiger partial charge in [-0.25, -0.2) is 17.9 Å². The maximum atomic E-state index is 12.3. The molecular weight excluding hydrogens is 356 g/mol. The molecule has 148 valence electrons. The lowest BCUT2D eigenvalue weighted by Crippen LogP contribution is -2.25. The van der Waals surface area contributed by atoms with Crippen LogP contribution in [0.5, 0.6) is 0 Å². The molecule has 0 saturated heterocycles. The topological polar surface area (TPSA) is 105 Å². The number of unbranched alkanes of at least 4 members (excludes halogenated alkanes) is 2. The smallest absolute Gasteiger partial charge is 0.337 e. The summed E-state index contributed by atoms with van der Waals surface area (Å²) in [6.45, 7) is 7.38. The van der Waals surface area contributed by atoms with Crippen molar-refractivity contribution in [2.45, 2.75) is 57.5 Å². The highest BCUT2D eigenvalue weighted by atomic mass is 32.2. The fraction of sp³-hybridized carbons (Fsp3) is 0.611. The molecule has 0 radical (unpaired) electrons. The monoisotopic (exact) mass is 386 g/mol. The Morgan fingerprint density at radius 3 is 2.54 bits per heavy atom. The molecule has 0 heterocycles. The summed E-state index contributed by atoms with van der Waals surface area (Å²) in [6, 6.07) is 4.10. The van der Waals surface area contributed by atoms with Crippen LogP contribution >= 0.6 is 0 Å². The molecule has 26 heavy (non-hydrogen) atoms. The number of ether oxygens (including phenoxy) is 1. The third kappa shape index (κ3) is 7.72. The predicted octanol–water partition coefficient (Wildman–Crippen LogP) is 3.08. The number of nitrogens with one attached hydrogen (secondary N) is 2. The van der Waals surface area contributed by atoms with Gasteiger partial charge in [0.15, 0.2) is 0 Å². The number of carbonyl (C=O) groups is 1. The summed E-state index contributed by atoms with van der Waals surface area (Å²) in [5, 5.41) is 12.4. The zero-order valence-corrected chi connectivity index (χ0v) is 16.6. The molecule has 1 aromatic carbocycles. The van der Waals surface area contributed by atoms with Gasteiger partial charge in [-0.3, -0.25) is 0 Å². The van der Waals surface area contributed by atoms with Gasteiger partial charge < -0.3 is 15.2 Å². The van der Waals surface area contributed by atoms with Crippen molar-refractivity contribution < 1.29 is 23.1 Å². The van der Waals surface area contributed by atoms with Crippen LogP contribution in [0.25, 0.3) is 0 Å². The minimum atomic E-state index is -3.71. The van der Waals surface area contributed by atoms with Crippen LogP contribution in [0.2, 0.25) is 0 Å². The number of hydrogen-bond acceptors (Lipinski definition) is 5. The Bertz CT molecular complexity index is 674. The van der Waals surface area contributed by atoms with Crippen LogP contribution in [-0.4, -0.2) is 45.3 Å². The largest absolute Gasteiger partial charge is 0.478 e. The van der Waals surface area contributed by atoms with Gasteiger partial charge in [-0.2, -0.15) is 0 Å². The normalized spacial score (nSPS) is 11.7. The second-order valence-corrected chi connectivity index (χ2v) is 8.08. The third-order valence-electron chi connectivity index (χ3n) is 3.69. The number of anilines is 1. The van der Waals surface area contributed by atoms with Crippen LogP contribution in [0.4, 0.5) is 5.69 Å². The van der Waals surface area contributed by atoms with Crippen molar-refractivity contribution in [3.05, 3.63) is 23.8 Å². The summed E-state index contributed by atoms with van der Waals surface area (Å²) in [6.07, 6.45) is 3.55. The van der Waals surface area contributed by atoms with Crippen molar-refractivity contribution in [2.75, 3.05) is 25.0 Å². The molecule has 0 aromatic heterocycles. The molecule has 0 bridgehead atoms. The fourth-order valence-corrected chi connectivity index (χ4v) is 3.40. The number of benzene rings is 1. The summed E-state index contributed by atoms with van der Waals surface area (Å²) in [4.78, 5) is 11.5. The van der Waals surface area contributed by atoms with Crippen LogP contribution in [0.1, 0.15) is 56.8 Å². The van der Waals surface area contributed by atoms with E-state index >= 15 is 0 Å². The van der Waals surface area contributed by atoms with Crippen molar-refractivity contribution in [2.24, 2.45) is 0 Å². The molecule has 0 saturated carbocycles. The van der Waals surface area contributed by atoms with Gasteiger partial charge in [-0.05, 0) is 44.9 Å². The van der Waals surface area contributed by atoms with E-state index in [0.717, 1.165) is 25.7 Å². The van der Waals surface area contributed by atoms with E-state index in [0.29, 0.717) is 25.4 Å². The van der Waals surface area contributed by atoms with E-state index in [4.69, 9.17) is 4.74 Å². The maximum absolute atomic E-state index is 12.3. The summed E-state index contributed by atoms with van der Waals surface area (Å²) in [7, 11) is -3.71. The van der Waals surface area contributed by atoms with E-state index in [2.05, 4.69) is 10.0 Å². The lowest BCUT2D eigenvalue weighted by atomic mass is 10.2. The summed E-state index contributed by atoms with van der Waals surface area (Å²) in [5.41, 5.74) is 0.332. The van der Waals surface area contributed by atoms with Gasteiger partial charge in [0, 0.05) is 25.4 Å². The molecule has 0 aliphatic heterocycles. The number of rotatable bonds is 13. The average Bonchev–Trinajstić information content (AvgIpc) is 2.58. The summed E-state index contributed by atoms with van der Waals surface area (Å²) in [5.74, 6) is -1.17. The molecule has 0 unspecified atom stereocenters. The Kier molecular flexibility index (Phi) is 9.61. The Morgan fingerprint density at radius 2 is 1.92 bits per heavy atom. The van der Waals surface area contributed by atoms with E-state index in [-0.39, 0.29) is 16.6 Å². The first-order chi connectivity index (χ1) is 12.3. The molecular formula is C18H30N2O5S. The fourth-order valence-electron chi connectivity index (χ4n) is 2.30. The highest BCUT2D eigenvalue weighted by molar-refractivity contribution is 7.89. The molecule has 0 amide bonds. The van der Waals surface area contributed by atoms with Crippen LogP contribution in [0.3, 0.4) is 0 Å². The second-order valence-electron chi connectivity index (χ2n) is 6.32. The van der Waals surface area contributed by atoms with E-state index in [1.807, 2.05) is 20.8 Å².